The van der Waals surface area contributed by atoms with Gasteiger partial charge in [0.15, 0.2) is 0 Å². The molecule has 2 aliphatic rings. The SMILES string of the molecule is Cc1[nH]c2ccccc2c1CCNC(=O)c1ccc2n(c1=O)C[C@@H]1CNC[C@H]2C1.Cl. The molecule has 3 aromatic rings. The summed E-state index contributed by atoms with van der Waals surface area (Å²) in [5.74, 6) is 0.566. The van der Waals surface area contributed by atoms with Gasteiger partial charge >= 0.3 is 0 Å². The van der Waals surface area contributed by atoms with E-state index in [1.54, 1.807) is 6.07 Å². The van der Waals surface area contributed by atoms with Gasteiger partial charge in [0.2, 0.25) is 0 Å². The van der Waals surface area contributed by atoms with Gasteiger partial charge in [-0.3, -0.25) is 9.59 Å². The molecule has 2 bridgehead atoms. The first kappa shape index (κ1) is 20.7. The zero-order chi connectivity index (χ0) is 20.0. The molecule has 2 atom stereocenters. The highest BCUT2D eigenvalue weighted by molar-refractivity contribution is 5.94. The molecule has 0 spiro atoms. The molecule has 2 aromatic heterocycles. The van der Waals surface area contributed by atoms with Crippen LogP contribution in [0.4, 0.5) is 0 Å². The highest BCUT2D eigenvalue weighted by Crippen LogP contribution is 2.31. The molecule has 1 aromatic carbocycles. The van der Waals surface area contributed by atoms with Crippen LogP contribution >= 0.6 is 12.4 Å². The van der Waals surface area contributed by atoms with Crippen molar-refractivity contribution in [3.63, 3.8) is 0 Å². The van der Waals surface area contributed by atoms with Crippen LogP contribution in [0.2, 0.25) is 0 Å². The lowest BCUT2D eigenvalue weighted by Crippen LogP contribution is -2.46. The van der Waals surface area contributed by atoms with Crippen molar-refractivity contribution in [1.29, 1.82) is 0 Å². The number of H-pyrrole nitrogens is 1. The molecule has 4 heterocycles. The number of nitrogens with zero attached hydrogens (tertiary/aromatic N) is 1. The van der Waals surface area contributed by atoms with Crippen LogP contribution in [0.25, 0.3) is 10.9 Å². The average molecular weight is 427 g/mol. The number of para-hydroxylation sites is 1. The Morgan fingerprint density at radius 3 is 2.90 bits per heavy atom. The molecule has 30 heavy (non-hydrogen) atoms. The van der Waals surface area contributed by atoms with Crippen molar-refractivity contribution in [2.24, 2.45) is 5.92 Å². The van der Waals surface area contributed by atoms with E-state index in [0.29, 0.717) is 24.9 Å². The number of piperidine rings is 1. The number of amides is 1. The largest absolute Gasteiger partial charge is 0.358 e. The number of aryl methyl sites for hydroxylation is 1. The van der Waals surface area contributed by atoms with Gasteiger partial charge in [-0.05, 0) is 56.0 Å². The lowest BCUT2D eigenvalue weighted by atomic mass is 9.84. The number of nitrogens with one attached hydrogen (secondary N) is 3. The van der Waals surface area contributed by atoms with Crippen LogP contribution in [0, 0.1) is 12.8 Å². The quantitative estimate of drug-likeness (QED) is 0.600. The van der Waals surface area contributed by atoms with E-state index in [1.165, 1.54) is 10.9 Å². The fourth-order valence-electron chi connectivity index (χ4n) is 5.02. The zero-order valence-corrected chi connectivity index (χ0v) is 17.8. The van der Waals surface area contributed by atoms with Crippen LogP contribution in [0.1, 0.15) is 39.6 Å². The minimum Gasteiger partial charge on any atom is -0.358 e. The highest BCUT2D eigenvalue weighted by atomic mass is 35.5. The van der Waals surface area contributed by atoms with Crippen molar-refractivity contribution in [3.8, 4) is 0 Å². The van der Waals surface area contributed by atoms with Crippen LogP contribution < -0.4 is 16.2 Å². The number of carbonyl (C=O) groups excluding carboxylic acids is 1. The molecule has 7 heteroatoms. The Labute approximate surface area is 181 Å². The van der Waals surface area contributed by atoms with Crippen molar-refractivity contribution in [2.45, 2.75) is 32.2 Å². The summed E-state index contributed by atoms with van der Waals surface area (Å²) in [5, 5.41) is 7.58. The van der Waals surface area contributed by atoms with Crippen LogP contribution in [0.5, 0.6) is 0 Å². The van der Waals surface area contributed by atoms with E-state index >= 15 is 0 Å². The molecule has 1 amide bonds. The van der Waals surface area contributed by atoms with E-state index in [9.17, 15) is 9.59 Å². The van der Waals surface area contributed by atoms with E-state index in [4.69, 9.17) is 0 Å². The van der Waals surface area contributed by atoms with Crippen molar-refractivity contribution in [3.05, 3.63) is 69.3 Å². The number of hydrogen-bond donors (Lipinski definition) is 3. The summed E-state index contributed by atoms with van der Waals surface area (Å²) in [5.41, 5.74) is 4.60. The van der Waals surface area contributed by atoms with Crippen molar-refractivity contribution < 1.29 is 4.79 Å². The van der Waals surface area contributed by atoms with Gasteiger partial charge in [0.1, 0.15) is 5.56 Å². The minimum absolute atomic E-state index is 0. The summed E-state index contributed by atoms with van der Waals surface area (Å²) in [6, 6.07) is 11.9. The first-order valence-corrected chi connectivity index (χ1v) is 10.4. The van der Waals surface area contributed by atoms with Gasteiger partial charge in [0.05, 0.1) is 0 Å². The van der Waals surface area contributed by atoms with Crippen molar-refractivity contribution >= 4 is 29.2 Å². The maximum Gasteiger partial charge on any atom is 0.263 e. The number of carbonyl (C=O) groups is 1. The Morgan fingerprint density at radius 1 is 1.20 bits per heavy atom. The Hall–Kier alpha value is -2.57. The number of aromatic amines is 1. The predicted molar refractivity (Wildman–Crippen MR) is 121 cm³/mol. The van der Waals surface area contributed by atoms with Crippen LogP contribution in [-0.2, 0) is 13.0 Å². The number of aromatic nitrogens is 2. The number of hydrogen-bond acceptors (Lipinski definition) is 3. The molecule has 6 nitrogen and oxygen atoms in total. The lowest BCUT2D eigenvalue weighted by Gasteiger charge is -2.37. The van der Waals surface area contributed by atoms with E-state index in [2.05, 4.69) is 34.7 Å². The molecule has 158 valence electrons. The van der Waals surface area contributed by atoms with Gasteiger partial charge < -0.3 is 20.2 Å². The highest BCUT2D eigenvalue weighted by Gasteiger charge is 2.31. The van der Waals surface area contributed by atoms with E-state index in [0.717, 1.165) is 42.8 Å². The van der Waals surface area contributed by atoms with E-state index in [1.807, 2.05) is 22.8 Å². The van der Waals surface area contributed by atoms with E-state index < -0.39 is 0 Å². The van der Waals surface area contributed by atoms with Crippen molar-refractivity contribution in [2.75, 3.05) is 19.6 Å². The number of halogens is 1. The number of pyridine rings is 1. The molecular formula is C23H27ClN4O2. The zero-order valence-electron chi connectivity index (χ0n) is 17.0. The molecule has 1 saturated heterocycles. The fraction of sp³-hybridized carbons (Fsp3) is 0.391. The van der Waals surface area contributed by atoms with Crippen molar-refractivity contribution in [1.82, 2.24) is 20.2 Å². The first-order valence-electron chi connectivity index (χ1n) is 10.4. The standard InChI is InChI=1S/C23H26N4O2.ClH/c1-14-17(18-4-2-3-5-20(18)26-14)8-9-25-22(28)19-6-7-21-16-10-15(11-24-12-16)13-27(21)23(19)29;/h2-7,15-16,24,26H,8-13H2,1H3,(H,25,28);1H/t15-,16+;/m0./s1. The van der Waals surface area contributed by atoms with Gasteiger partial charge in [-0.1, -0.05) is 18.2 Å². The summed E-state index contributed by atoms with van der Waals surface area (Å²) >= 11 is 0. The molecule has 5 rings (SSSR count). The number of benzene rings is 1. The van der Waals surface area contributed by atoms with Crippen LogP contribution in [0.3, 0.4) is 0 Å². The number of rotatable bonds is 4. The molecule has 3 N–H and O–H groups in total. The second kappa shape index (κ2) is 8.28. The average Bonchev–Trinajstić information content (AvgIpc) is 3.04. The summed E-state index contributed by atoms with van der Waals surface area (Å²) in [6.45, 7) is 5.11. The van der Waals surface area contributed by atoms with E-state index in [-0.39, 0.29) is 29.4 Å². The molecule has 0 aliphatic carbocycles. The Morgan fingerprint density at radius 2 is 2.03 bits per heavy atom. The van der Waals surface area contributed by atoms with Gasteiger partial charge in [-0.15, -0.1) is 12.4 Å². The second-order valence-electron chi connectivity index (χ2n) is 8.32. The fourth-order valence-corrected chi connectivity index (χ4v) is 5.02. The molecular weight excluding hydrogens is 400 g/mol. The Kier molecular flexibility index (Phi) is 5.71. The third-order valence-corrected chi connectivity index (χ3v) is 6.44. The Bertz CT molecular complexity index is 1150. The van der Waals surface area contributed by atoms with Gasteiger partial charge in [-0.25, -0.2) is 0 Å². The summed E-state index contributed by atoms with van der Waals surface area (Å²) in [6.07, 6.45) is 1.85. The summed E-state index contributed by atoms with van der Waals surface area (Å²) < 4.78 is 1.83. The molecule has 0 unspecified atom stereocenters. The molecule has 0 radical (unpaired) electrons. The normalized spacial score (nSPS) is 19.8. The van der Waals surface area contributed by atoms with Crippen LogP contribution in [-0.4, -0.2) is 35.1 Å². The van der Waals surface area contributed by atoms with Gasteiger partial charge in [0, 0.05) is 47.8 Å². The second-order valence-corrected chi connectivity index (χ2v) is 8.32. The molecule has 0 saturated carbocycles. The summed E-state index contributed by atoms with van der Waals surface area (Å²) in [4.78, 5) is 29.1. The molecule has 1 fully saturated rings. The topological polar surface area (TPSA) is 78.9 Å². The lowest BCUT2D eigenvalue weighted by molar-refractivity contribution is 0.0951. The number of fused-ring (bicyclic) bond motifs is 5. The third kappa shape index (κ3) is 3.55. The first-order chi connectivity index (χ1) is 14.1. The third-order valence-electron chi connectivity index (χ3n) is 6.44. The monoisotopic (exact) mass is 426 g/mol. The van der Waals surface area contributed by atoms with Crippen LogP contribution in [0.15, 0.2) is 41.2 Å². The van der Waals surface area contributed by atoms with Gasteiger partial charge in [0.25, 0.3) is 11.5 Å². The maximum atomic E-state index is 13.0. The predicted octanol–water partition coefficient (Wildman–Crippen LogP) is 2.74. The maximum absolute atomic E-state index is 13.0. The van der Waals surface area contributed by atoms with Gasteiger partial charge in [-0.2, -0.15) is 0 Å². The summed E-state index contributed by atoms with van der Waals surface area (Å²) in [7, 11) is 0. The smallest absolute Gasteiger partial charge is 0.263 e. The Balaban J connectivity index is 0.00000218. The molecule has 2 aliphatic heterocycles. The minimum atomic E-state index is -0.281.